The van der Waals surface area contributed by atoms with Crippen molar-refractivity contribution in [2.75, 3.05) is 13.6 Å². The standard InChI is InChI=1S/C13H15N3O3/c1-8(13(18)19)7-16(2)12(17)9-3-4-11-10(5-9)6-14-15-11/h3-6,8H,7H2,1-2H3,(H,14,15)(H,18,19). The maximum atomic E-state index is 12.2. The number of carbonyl (C=O) groups is 2. The number of carboxylic acid groups (broad SMARTS) is 1. The van der Waals surface area contributed by atoms with Crippen LogP contribution in [0.15, 0.2) is 24.4 Å². The fourth-order valence-electron chi connectivity index (χ4n) is 1.87. The van der Waals surface area contributed by atoms with E-state index in [0.29, 0.717) is 5.56 Å². The lowest BCUT2D eigenvalue weighted by Gasteiger charge is -2.19. The summed E-state index contributed by atoms with van der Waals surface area (Å²) in [4.78, 5) is 24.4. The van der Waals surface area contributed by atoms with Gasteiger partial charge < -0.3 is 10.0 Å². The highest BCUT2D eigenvalue weighted by Crippen LogP contribution is 2.14. The Morgan fingerprint density at radius 2 is 2.21 bits per heavy atom. The molecule has 0 saturated carbocycles. The van der Waals surface area contributed by atoms with Crippen molar-refractivity contribution in [3.63, 3.8) is 0 Å². The van der Waals surface area contributed by atoms with Crippen LogP contribution in [0.25, 0.3) is 10.9 Å². The van der Waals surface area contributed by atoms with E-state index in [2.05, 4.69) is 10.2 Å². The zero-order valence-corrected chi connectivity index (χ0v) is 10.8. The van der Waals surface area contributed by atoms with Gasteiger partial charge >= 0.3 is 5.97 Å². The van der Waals surface area contributed by atoms with Crippen LogP contribution in [0.2, 0.25) is 0 Å². The van der Waals surface area contributed by atoms with E-state index in [0.717, 1.165) is 10.9 Å². The molecule has 1 aromatic carbocycles. The molecule has 1 amide bonds. The van der Waals surface area contributed by atoms with Gasteiger partial charge in [0, 0.05) is 24.5 Å². The third kappa shape index (κ3) is 2.73. The number of nitrogens with zero attached hydrogens (tertiary/aromatic N) is 2. The fraction of sp³-hybridized carbons (Fsp3) is 0.308. The molecule has 19 heavy (non-hydrogen) atoms. The molecule has 2 aromatic rings. The lowest BCUT2D eigenvalue weighted by Crippen LogP contribution is -2.33. The number of rotatable bonds is 4. The molecule has 0 fully saturated rings. The topological polar surface area (TPSA) is 86.3 Å². The molecule has 1 unspecified atom stereocenters. The number of nitrogens with one attached hydrogen (secondary N) is 1. The first kappa shape index (κ1) is 13.1. The molecule has 0 aliphatic carbocycles. The van der Waals surface area contributed by atoms with Crippen molar-refractivity contribution in [3.05, 3.63) is 30.0 Å². The number of H-pyrrole nitrogens is 1. The summed E-state index contributed by atoms with van der Waals surface area (Å²) in [7, 11) is 1.60. The second-order valence-corrected chi connectivity index (χ2v) is 4.60. The van der Waals surface area contributed by atoms with Gasteiger partial charge in [-0.25, -0.2) is 0 Å². The Hall–Kier alpha value is -2.37. The van der Waals surface area contributed by atoms with Gasteiger partial charge in [-0.2, -0.15) is 5.10 Å². The molecule has 0 bridgehead atoms. The Morgan fingerprint density at radius 1 is 1.47 bits per heavy atom. The summed E-state index contributed by atoms with van der Waals surface area (Å²) in [6.45, 7) is 1.75. The molecular weight excluding hydrogens is 246 g/mol. The summed E-state index contributed by atoms with van der Waals surface area (Å²) in [6.07, 6.45) is 1.64. The first-order valence-electron chi connectivity index (χ1n) is 5.90. The van der Waals surface area contributed by atoms with Crippen molar-refractivity contribution in [2.45, 2.75) is 6.92 Å². The van der Waals surface area contributed by atoms with Crippen LogP contribution in [0.4, 0.5) is 0 Å². The zero-order chi connectivity index (χ0) is 14.0. The molecule has 0 radical (unpaired) electrons. The second kappa shape index (κ2) is 5.09. The Labute approximate surface area is 110 Å². The van der Waals surface area contributed by atoms with Crippen molar-refractivity contribution in [2.24, 2.45) is 5.92 Å². The van der Waals surface area contributed by atoms with Gasteiger partial charge in [0.15, 0.2) is 0 Å². The molecule has 100 valence electrons. The summed E-state index contributed by atoms with van der Waals surface area (Å²) >= 11 is 0. The number of amides is 1. The molecule has 1 heterocycles. The molecule has 2 rings (SSSR count). The number of aromatic nitrogens is 2. The van der Waals surface area contributed by atoms with E-state index in [9.17, 15) is 9.59 Å². The highest BCUT2D eigenvalue weighted by Gasteiger charge is 2.18. The third-order valence-electron chi connectivity index (χ3n) is 3.00. The van der Waals surface area contributed by atoms with Gasteiger partial charge in [-0.1, -0.05) is 6.92 Å². The minimum Gasteiger partial charge on any atom is -0.481 e. The number of carboxylic acids is 1. The lowest BCUT2D eigenvalue weighted by atomic mass is 10.1. The number of carbonyl (C=O) groups excluding carboxylic acids is 1. The Morgan fingerprint density at radius 3 is 2.89 bits per heavy atom. The largest absolute Gasteiger partial charge is 0.481 e. The van der Waals surface area contributed by atoms with Gasteiger partial charge in [-0.15, -0.1) is 0 Å². The van der Waals surface area contributed by atoms with Crippen LogP contribution in [0, 0.1) is 5.92 Å². The third-order valence-corrected chi connectivity index (χ3v) is 3.00. The average molecular weight is 261 g/mol. The van der Waals surface area contributed by atoms with E-state index in [-0.39, 0.29) is 12.5 Å². The highest BCUT2D eigenvalue weighted by atomic mass is 16.4. The predicted octanol–water partition coefficient (Wildman–Crippen LogP) is 1.36. The summed E-state index contributed by atoms with van der Waals surface area (Å²) < 4.78 is 0. The number of fused-ring (bicyclic) bond motifs is 1. The SMILES string of the molecule is CC(CN(C)C(=O)c1ccc2[nH]ncc2c1)C(=O)O. The van der Waals surface area contributed by atoms with Crippen molar-refractivity contribution in [1.29, 1.82) is 0 Å². The molecule has 0 aliphatic heterocycles. The number of benzene rings is 1. The van der Waals surface area contributed by atoms with Crippen molar-refractivity contribution in [3.8, 4) is 0 Å². The number of hydrogen-bond acceptors (Lipinski definition) is 3. The maximum Gasteiger partial charge on any atom is 0.308 e. The van der Waals surface area contributed by atoms with E-state index >= 15 is 0 Å². The van der Waals surface area contributed by atoms with Crippen molar-refractivity contribution in [1.82, 2.24) is 15.1 Å². The molecule has 1 atom stereocenters. The number of hydrogen-bond donors (Lipinski definition) is 2. The summed E-state index contributed by atoms with van der Waals surface area (Å²) in [5, 5.41) is 16.4. The van der Waals surface area contributed by atoms with E-state index in [1.165, 1.54) is 4.90 Å². The van der Waals surface area contributed by atoms with E-state index in [1.807, 2.05) is 0 Å². The first-order valence-corrected chi connectivity index (χ1v) is 5.90. The molecule has 0 aliphatic rings. The van der Waals surface area contributed by atoms with Gasteiger partial charge in [-0.05, 0) is 18.2 Å². The molecule has 2 N–H and O–H groups in total. The second-order valence-electron chi connectivity index (χ2n) is 4.60. The Kier molecular flexibility index (Phi) is 3.50. The van der Waals surface area contributed by atoms with E-state index in [1.54, 1.807) is 38.4 Å². The molecule has 6 heteroatoms. The van der Waals surface area contributed by atoms with Crippen LogP contribution in [0.1, 0.15) is 17.3 Å². The van der Waals surface area contributed by atoms with E-state index in [4.69, 9.17) is 5.11 Å². The van der Waals surface area contributed by atoms with Crippen LogP contribution in [0.5, 0.6) is 0 Å². The summed E-state index contributed by atoms with van der Waals surface area (Å²) in [6, 6.07) is 5.22. The predicted molar refractivity (Wildman–Crippen MR) is 69.9 cm³/mol. The highest BCUT2D eigenvalue weighted by molar-refractivity contribution is 5.97. The Balaban J connectivity index is 2.16. The summed E-state index contributed by atoms with van der Waals surface area (Å²) in [5.41, 5.74) is 1.38. The minimum absolute atomic E-state index is 0.178. The molecular formula is C13H15N3O3. The summed E-state index contributed by atoms with van der Waals surface area (Å²) in [5.74, 6) is -1.70. The number of aliphatic carboxylic acids is 1. The quantitative estimate of drug-likeness (QED) is 0.870. The van der Waals surface area contributed by atoms with Crippen molar-refractivity contribution >= 4 is 22.8 Å². The molecule has 6 nitrogen and oxygen atoms in total. The fourth-order valence-corrected chi connectivity index (χ4v) is 1.87. The van der Waals surface area contributed by atoms with Crippen molar-refractivity contribution < 1.29 is 14.7 Å². The zero-order valence-electron chi connectivity index (χ0n) is 10.8. The minimum atomic E-state index is -0.912. The first-order chi connectivity index (χ1) is 8.99. The lowest BCUT2D eigenvalue weighted by molar-refractivity contribution is -0.141. The monoisotopic (exact) mass is 261 g/mol. The maximum absolute atomic E-state index is 12.2. The van der Waals surface area contributed by atoms with Gasteiger partial charge in [0.05, 0.1) is 17.6 Å². The van der Waals surface area contributed by atoms with E-state index < -0.39 is 11.9 Å². The van der Waals surface area contributed by atoms with Crippen LogP contribution in [-0.4, -0.2) is 45.7 Å². The number of aromatic amines is 1. The smallest absolute Gasteiger partial charge is 0.308 e. The van der Waals surface area contributed by atoms with Crippen LogP contribution in [-0.2, 0) is 4.79 Å². The van der Waals surface area contributed by atoms with Crippen LogP contribution >= 0.6 is 0 Å². The Bertz CT molecular complexity index is 620. The van der Waals surface area contributed by atoms with Gasteiger partial charge in [0.1, 0.15) is 0 Å². The van der Waals surface area contributed by atoms with Crippen LogP contribution < -0.4 is 0 Å². The van der Waals surface area contributed by atoms with Gasteiger partial charge in [0.25, 0.3) is 5.91 Å². The normalized spacial score (nSPS) is 12.3. The van der Waals surface area contributed by atoms with Crippen LogP contribution in [0.3, 0.4) is 0 Å². The van der Waals surface area contributed by atoms with Gasteiger partial charge in [0.2, 0.25) is 0 Å². The van der Waals surface area contributed by atoms with Gasteiger partial charge in [-0.3, -0.25) is 14.7 Å². The average Bonchev–Trinajstić information content (AvgIpc) is 2.84. The molecule has 1 aromatic heterocycles. The molecule has 0 saturated heterocycles. The molecule has 0 spiro atoms.